The lowest BCUT2D eigenvalue weighted by Crippen LogP contribution is -1.87. The van der Waals surface area contributed by atoms with Gasteiger partial charge in [0.2, 0.25) is 0 Å². The SMILES string of the molecule is Cc1[nH]nc(N)c1C#CCCS. The van der Waals surface area contributed by atoms with Crippen LogP contribution in [0.25, 0.3) is 0 Å². The summed E-state index contributed by atoms with van der Waals surface area (Å²) in [5.41, 5.74) is 7.28. The first-order valence-electron chi connectivity index (χ1n) is 3.66. The molecule has 0 radical (unpaired) electrons. The smallest absolute Gasteiger partial charge is 0.161 e. The number of nitrogens with zero attached hydrogens (tertiary/aromatic N) is 1. The third-order valence-corrected chi connectivity index (χ3v) is 1.65. The minimum Gasteiger partial charge on any atom is -0.381 e. The minimum atomic E-state index is 0.471. The summed E-state index contributed by atoms with van der Waals surface area (Å²) in [5, 5.41) is 6.59. The molecule has 0 aliphatic rings. The standard InChI is InChI=1S/C8H11N3S/c1-6-7(4-2-3-5-12)8(9)11-10-6/h12H,3,5H2,1H3,(H3,9,10,11). The Bertz CT molecular complexity index is 299. The van der Waals surface area contributed by atoms with E-state index in [4.69, 9.17) is 5.73 Å². The summed E-state index contributed by atoms with van der Waals surface area (Å²) in [6, 6.07) is 0. The number of hydrogen-bond donors (Lipinski definition) is 3. The summed E-state index contributed by atoms with van der Waals surface area (Å²) in [7, 11) is 0. The van der Waals surface area contributed by atoms with Crippen LogP contribution in [0, 0.1) is 18.8 Å². The van der Waals surface area contributed by atoms with E-state index in [1.165, 1.54) is 0 Å². The lowest BCUT2D eigenvalue weighted by atomic mass is 10.2. The van der Waals surface area contributed by atoms with Crippen LogP contribution in [-0.4, -0.2) is 16.0 Å². The van der Waals surface area contributed by atoms with E-state index < -0.39 is 0 Å². The number of rotatable bonds is 1. The molecule has 0 saturated carbocycles. The zero-order chi connectivity index (χ0) is 8.97. The molecular formula is C8H11N3S. The van der Waals surface area contributed by atoms with Crippen molar-refractivity contribution < 1.29 is 0 Å². The van der Waals surface area contributed by atoms with E-state index in [0.29, 0.717) is 5.82 Å². The third kappa shape index (κ3) is 1.95. The monoisotopic (exact) mass is 181 g/mol. The highest BCUT2D eigenvalue weighted by molar-refractivity contribution is 7.80. The van der Waals surface area contributed by atoms with Gasteiger partial charge in [-0.15, -0.1) is 0 Å². The van der Waals surface area contributed by atoms with E-state index >= 15 is 0 Å². The van der Waals surface area contributed by atoms with Crippen molar-refractivity contribution in [2.24, 2.45) is 0 Å². The lowest BCUT2D eigenvalue weighted by Gasteiger charge is -1.86. The normalized spacial score (nSPS) is 9.17. The van der Waals surface area contributed by atoms with E-state index in [2.05, 4.69) is 34.7 Å². The van der Waals surface area contributed by atoms with Gasteiger partial charge in [0.15, 0.2) is 5.82 Å². The van der Waals surface area contributed by atoms with E-state index in [-0.39, 0.29) is 0 Å². The van der Waals surface area contributed by atoms with Crippen LogP contribution in [0.5, 0.6) is 0 Å². The first-order chi connectivity index (χ1) is 5.75. The highest BCUT2D eigenvalue weighted by Crippen LogP contribution is 2.09. The van der Waals surface area contributed by atoms with Gasteiger partial charge in [0.05, 0.1) is 5.56 Å². The molecule has 0 fully saturated rings. The largest absolute Gasteiger partial charge is 0.381 e. The zero-order valence-electron chi connectivity index (χ0n) is 6.89. The fraction of sp³-hybridized carbons (Fsp3) is 0.375. The van der Waals surface area contributed by atoms with Crippen molar-refractivity contribution in [2.45, 2.75) is 13.3 Å². The van der Waals surface area contributed by atoms with E-state index in [0.717, 1.165) is 23.4 Å². The van der Waals surface area contributed by atoms with Crippen molar-refractivity contribution in [1.29, 1.82) is 0 Å². The third-order valence-electron chi connectivity index (χ3n) is 1.43. The molecule has 0 unspecified atom stereocenters. The Morgan fingerprint density at radius 2 is 2.42 bits per heavy atom. The highest BCUT2D eigenvalue weighted by Gasteiger charge is 2.01. The number of aromatic nitrogens is 2. The fourth-order valence-corrected chi connectivity index (χ4v) is 0.924. The fourth-order valence-electron chi connectivity index (χ4n) is 0.813. The van der Waals surface area contributed by atoms with Gasteiger partial charge < -0.3 is 5.73 Å². The zero-order valence-corrected chi connectivity index (χ0v) is 7.78. The van der Waals surface area contributed by atoms with Crippen LogP contribution in [0.2, 0.25) is 0 Å². The van der Waals surface area contributed by atoms with Crippen LogP contribution in [-0.2, 0) is 0 Å². The summed E-state index contributed by atoms with van der Waals surface area (Å²) in [6.45, 7) is 1.90. The molecule has 1 rings (SSSR count). The highest BCUT2D eigenvalue weighted by atomic mass is 32.1. The number of anilines is 1. The van der Waals surface area contributed by atoms with Crippen molar-refractivity contribution in [1.82, 2.24) is 10.2 Å². The summed E-state index contributed by atoms with van der Waals surface area (Å²) in [6.07, 6.45) is 0.771. The molecular weight excluding hydrogens is 170 g/mol. The molecule has 0 amide bonds. The van der Waals surface area contributed by atoms with Crippen LogP contribution in [0.15, 0.2) is 0 Å². The van der Waals surface area contributed by atoms with Crippen LogP contribution in [0.4, 0.5) is 5.82 Å². The van der Waals surface area contributed by atoms with Gasteiger partial charge >= 0.3 is 0 Å². The Morgan fingerprint density at radius 1 is 1.67 bits per heavy atom. The Kier molecular flexibility index (Phi) is 3.06. The summed E-state index contributed by atoms with van der Waals surface area (Å²) in [4.78, 5) is 0. The molecule has 64 valence electrons. The number of aromatic amines is 1. The Labute approximate surface area is 77.1 Å². The first kappa shape index (κ1) is 9.01. The predicted octanol–water partition coefficient (Wildman–Crippen LogP) is 0.972. The number of nitrogens with one attached hydrogen (secondary N) is 1. The molecule has 0 saturated heterocycles. The van der Waals surface area contributed by atoms with Gasteiger partial charge in [0, 0.05) is 17.9 Å². The molecule has 3 nitrogen and oxygen atoms in total. The number of nitrogens with two attached hydrogens (primary N) is 1. The van der Waals surface area contributed by atoms with Crippen LogP contribution in [0.3, 0.4) is 0 Å². The summed E-state index contributed by atoms with van der Waals surface area (Å²) >= 11 is 4.05. The quantitative estimate of drug-likeness (QED) is 0.446. The van der Waals surface area contributed by atoms with Gasteiger partial charge in [-0.3, -0.25) is 5.10 Å². The molecule has 0 spiro atoms. The molecule has 0 bridgehead atoms. The molecule has 0 atom stereocenters. The molecule has 12 heavy (non-hydrogen) atoms. The summed E-state index contributed by atoms with van der Waals surface area (Å²) in [5.74, 6) is 7.14. The van der Waals surface area contributed by atoms with Crippen molar-refractivity contribution in [3.63, 3.8) is 0 Å². The minimum absolute atomic E-state index is 0.471. The molecule has 3 N–H and O–H groups in total. The summed E-state index contributed by atoms with van der Waals surface area (Å²) < 4.78 is 0. The second-order valence-corrected chi connectivity index (χ2v) is 2.83. The van der Waals surface area contributed by atoms with Crippen LogP contribution in [0.1, 0.15) is 17.7 Å². The maximum absolute atomic E-state index is 5.56. The van der Waals surface area contributed by atoms with Crippen molar-refractivity contribution in [3.05, 3.63) is 11.3 Å². The molecule has 0 aliphatic heterocycles. The molecule has 1 heterocycles. The van der Waals surface area contributed by atoms with E-state index in [9.17, 15) is 0 Å². The Morgan fingerprint density at radius 3 is 2.92 bits per heavy atom. The number of aryl methyl sites for hydroxylation is 1. The second-order valence-electron chi connectivity index (χ2n) is 2.38. The molecule has 0 aromatic carbocycles. The van der Waals surface area contributed by atoms with Gasteiger partial charge in [-0.1, -0.05) is 11.8 Å². The van der Waals surface area contributed by atoms with Crippen molar-refractivity contribution in [2.75, 3.05) is 11.5 Å². The topological polar surface area (TPSA) is 54.7 Å². The van der Waals surface area contributed by atoms with Gasteiger partial charge in [-0.2, -0.15) is 17.7 Å². The number of nitrogen functional groups attached to an aromatic ring is 1. The number of thiol groups is 1. The molecule has 4 heteroatoms. The Balaban J connectivity index is 2.82. The van der Waals surface area contributed by atoms with Gasteiger partial charge in [-0.25, -0.2) is 0 Å². The molecule has 1 aromatic rings. The van der Waals surface area contributed by atoms with Crippen molar-refractivity contribution >= 4 is 18.4 Å². The maximum Gasteiger partial charge on any atom is 0.161 e. The number of hydrogen-bond acceptors (Lipinski definition) is 3. The van der Waals surface area contributed by atoms with Crippen molar-refractivity contribution in [3.8, 4) is 11.8 Å². The first-order valence-corrected chi connectivity index (χ1v) is 4.29. The Hall–Kier alpha value is -1.08. The van der Waals surface area contributed by atoms with Gasteiger partial charge in [0.25, 0.3) is 0 Å². The van der Waals surface area contributed by atoms with Crippen LogP contribution >= 0.6 is 12.6 Å². The number of H-pyrrole nitrogens is 1. The van der Waals surface area contributed by atoms with Gasteiger partial charge in [0.1, 0.15) is 0 Å². The van der Waals surface area contributed by atoms with E-state index in [1.54, 1.807) is 0 Å². The second kappa shape index (κ2) is 4.07. The molecule has 1 aromatic heterocycles. The average Bonchev–Trinajstić information content (AvgIpc) is 2.35. The predicted molar refractivity (Wildman–Crippen MR) is 53.1 cm³/mol. The van der Waals surface area contributed by atoms with Gasteiger partial charge in [-0.05, 0) is 6.92 Å². The average molecular weight is 181 g/mol. The molecule has 0 aliphatic carbocycles. The van der Waals surface area contributed by atoms with Crippen LogP contribution < -0.4 is 5.73 Å². The lowest BCUT2D eigenvalue weighted by molar-refractivity contribution is 1.05. The van der Waals surface area contributed by atoms with E-state index in [1.807, 2.05) is 6.92 Å². The maximum atomic E-state index is 5.56.